The maximum atomic E-state index is 9.33. The molecule has 4 rings (SSSR count). The van der Waals surface area contributed by atoms with Gasteiger partial charge in [-0.3, -0.25) is 0 Å². The largest absolute Gasteiger partial charge is 0.493 e. The SMILES string of the molecule is COc1cccc2c1OCC(c1nccn1[C@H]1CN[C@H](CO)C1)=C2. The Kier molecular flexibility index (Phi) is 4.00. The number of aliphatic hydroxyl groups excluding tert-OH is 1. The van der Waals surface area contributed by atoms with Crippen molar-refractivity contribution in [2.24, 2.45) is 0 Å². The van der Waals surface area contributed by atoms with Crippen LogP contribution in [0.15, 0.2) is 30.6 Å². The second-order valence-electron chi connectivity index (χ2n) is 6.17. The molecule has 0 spiro atoms. The molecule has 1 fully saturated rings. The van der Waals surface area contributed by atoms with Gasteiger partial charge in [-0.2, -0.15) is 0 Å². The molecule has 2 aliphatic heterocycles. The van der Waals surface area contributed by atoms with Crippen LogP contribution in [0.3, 0.4) is 0 Å². The van der Waals surface area contributed by atoms with Gasteiger partial charge in [0.1, 0.15) is 12.4 Å². The van der Waals surface area contributed by atoms with Crippen molar-refractivity contribution >= 4 is 11.6 Å². The Hall–Kier alpha value is -2.31. The molecule has 0 unspecified atom stereocenters. The van der Waals surface area contributed by atoms with E-state index in [0.29, 0.717) is 12.6 Å². The summed E-state index contributed by atoms with van der Waals surface area (Å²) in [6.45, 7) is 1.47. The molecule has 3 heterocycles. The lowest BCUT2D eigenvalue weighted by Gasteiger charge is -2.22. The van der Waals surface area contributed by atoms with Crippen molar-refractivity contribution < 1.29 is 14.6 Å². The van der Waals surface area contributed by atoms with Crippen LogP contribution in [0.2, 0.25) is 0 Å². The first kappa shape index (κ1) is 15.2. The molecule has 0 amide bonds. The lowest BCUT2D eigenvalue weighted by molar-refractivity contribution is 0.253. The van der Waals surface area contributed by atoms with Gasteiger partial charge in [-0.15, -0.1) is 0 Å². The molecule has 24 heavy (non-hydrogen) atoms. The summed E-state index contributed by atoms with van der Waals surface area (Å²) in [5.41, 5.74) is 2.05. The molecular weight excluding hydrogens is 306 g/mol. The zero-order valence-corrected chi connectivity index (χ0v) is 13.6. The van der Waals surface area contributed by atoms with Crippen molar-refractivity contribution in [2.75, 3.05) is 26.9 Å². The highest BCUT2D eigenvalue weighted by Crippen LogP contribution is 2.37. The van der Waals surface area contributed by atoms with Gasteiger partial charge in [-0.05, 0) is 18.6 Å². The van der Waals surface area contributed by atoms with Gasteiger partial charge in [-0.1, -0.05) is 12.1 Å². The van der Waals surface area contributed by atoms with E-state index in [1.807, 2.05) is 30.6 Å². The van der Waals surface area contributed by atoms with E-state index in [2.05, 4.69) is 20.9 Å². The Labute approximate surface area is 140 Å². The Morgan fingerprint density at radius 3 is 3.17 bits per heavy atom. The minimum absolute atomic E-state index is 0.159. The number of hydrogen-bond acceptors (Lipinski definition) is 5. The number of fused-ring (bicyclic) bond motifs is 1. The van der Waals surface area contributed by atoms with Crippen LogP contribution in [-0.2, 0) is 0 Å². The van der Waals surface area contributed by atoms with Gasteiger partial charge in [0.25, 0.3) is 0 Å². The van der Waals surface area contributed by atoms with Crippen molar-refractivity contribution in [1.82, 2.24) is 14.9 Å². The van der Waals surface area contributed by atoms with Crippen LogP contribution in [0.25, 0.3) is 11.6 Å². The number of aromatic nitrogens is 2. The van der Waals surface area contributed by atoms with Gasteiger partial charge in [0.05, 0.1) is 13.7 Å². The summed E-state index contributed by atoms with van der Waals surface area (Å²) in [4.78, 5) is 4.54. The summed E-state index contributed by atoms with van der Waals surface area (Å²) in [6, 6.07) is 6.33. The third-order valence-electron chi connectivity index (χ3n) is 4.70. The average Bonchev–Trinajstić information content (AvgIpc) is 3.29. The molecule has 0 aliphatic carbocycles. The van der Waals surface area contributed by atoms with Crippen LogP contribution < -0.4 is 14.8 Å². The van der Waals surface area contributed by atoms with E-state index in [4.69, 9.17) is 9.47 Å². The van der Waals surface area contributed by atoms with Gasteiger partial charge >= 0.3 is 0 Å². The smallest absolute Gasteiger partial charge is 0.168 e. The highest BCUT2D eigenvalue weighted by atomic mass is 16.5. The van der Waals surface area contributed by atoms with E-state index in [9.17, 15) is 5.11 Å². The average molecular weight is 327 g/mol. The number of nitrogens with one attached hydrogen (secondary N) is 1. The molecule has 2 aromatic rings. The maximum absolute atomic E-state index is 9.33. The summed E-state index contributed by atoms with van der Waals surface area (Å²) in [5.74, 6) is 2.45. The lowest BCUT2D eigenvalue weighted by Crippen LogP contribution is -2.24. The first-order chi connectivity index (χ1) is 11.8. The second-order valence-corrected chi connectivity index (χ2v) is 6.17. The molecule has 2 N–H and O–H groups in total. The fourth-order valence-corrected chi connectivity index (χ4v) is 3.48. The first-order valence-corrected chi connectivity index (χ1v) is 8.18. The van der Waals surface area contributed by atoms with E-state index in [-0.39, 0.29) is 12.6 Å². The summed E-state index contributed by atoms with van der Waals surface area (Å²) in [7, 11) is 1.65. The van der Waals surface area contributed by atoms with Crippen molar-refractivity contribution in [2.45, 2.75) is 18.5 Å². The predicted molar refractivity (Wildman–Crippen MR) is 91.1 cm³/mol. The Morgan fingerprint density at radius 2 is 2.38 bits per heavy atom. The van der Waals surface area contributed by atoms with Gasteiger partial charge in [0, 0.05) is 42.2 Å². The van der Waals surface area contributed by atoms with Gasteiger partial charge in [0.2, 0.25) is 0 Å². The molecule has 1 aromatic heterocycles. The molecule has 0 radical (unpaired) electrons. The first-order valence-electron chi connectivity index (χ1n) is 8.18. The topological polar surface area (TPSA) is 68.5 Å². The van der Waals surface area contributed by atoms with Crippen molar-refractivity contribution in [3.05, 3.63) is 42.0 Å². The van der Waals surface area contributed by atoms with E-state index < -0.39 is 0 Å². The summed E-state index contributed by atoms with van der Waals surface area (Å²) >= 11 is 0. The maximum Gasteiger partial charge on any atom is 0.168 e. The van der Waals surface area contributed by atoms with Crippen LogP contribution in [0, 0.1) is 0 Å². The molecule has 2 atom stereocenters. The second kappa shape index (κ2) is 6.30. The zero-order chi connectivity index (χ0) is 16.5. The molecule has 6 heteroatoms. The van der Waals surface area contributed by atoms with Crippen molar-refractivity contribution in [1.29, 1.82) is 0 Å². The number of ether oxygens (including phenoxy) is 2. The van der Waals surface area contributed by atoms with E-state index in [0.717, 1.165) is 41.4 Å². The fourth-order valence-electron chi connectivity index (χ4n) is 3.48. The third kappa shape index (κ3) is 2.57. The van der Waals surface area contributed by atoms with Crippen LogP contribution in [0.1, 0.15) is 23.9 Å². The number of imidazole rings is 1. The number of hydrogen-bond donors (Lipinski definition) is 2. The molecule has 2 aliphatic rings. The van der Waals surface area contributed by atoms with Crippen molar-refractivity contribution in [3.63, 3.8) is 0 Å². The monoisotopic (exact) mass is 327 g/mol. The molecule has 0 saturated carbocycles. The van der Waals surface area contributed by atoms with Crippen LogP contribution >= 0.6 is 0 Å². The molecule has 1 aromatic carbocycles. The zero-order valence-electron chi connectivity index (χ0n) is 13.6. The number of benzene rings is 1. The number of rotatable bonds is 4. The third-order valence-corrected chi connectivity index (χ3v) is 4.70. The number of aliphatic hydroxyl groups is 1. The molecule has 1 saturated heterocycles. The summed E-state index contributed by atoms with van der Waals surface area (Å²) in [6.07, 6.45) is 6.84. The van der Waals surface area contributed by atoms with Gasteiger partial charge in [0.15, 0.2) is 11.5 Å². The summed E-state index contributed by atoms with van der Waals surface area (Å²) in [5, 5.41) is 12.7. The number of para-hydroxylation sites is 1. The minimum atomic E-state index is 0.159. The quantitative estimate of drug-likeness (QED) is 0.895. The van der Waals surface area contributed by atoms with E-state index in [1.165, 1.54) is 0 Å². The Morgan fingerprint density at radius 1 is 1.46 bits per heavy atom. The summed E-state index contributed by atoms with van der Waals surface area (Å²) < 4.78 is 13.5. The molecule has 126 valence electrons. The highest BCUT2D eigenvalue weighted by Gasteiger charge is 2.28. The van der Waals surface area contributed by atoms with Crippen molar-refractivity contribution in [3.8, 4) is 11.5 Å². The molecule has 6 nitrogen and oxygen atoms in total. The standard InChI is InChI=1S/C18H21N3O3/c1-23-16-4-2-3-12-7-13(11-24-17(12)16)18-19-5-6-21(18)15-8-14(10-22)20-9-15/h2-7,14-15,20,22H,8-11H2,1H3/t14-,15+/m0/s1. The normalized spacial score (nSPS) is 22.7. The minimum Gasteiger partial charge on any atom is -0.493 e. The fraction of sp³-hybridized carbons (Fsp3) is 0.389. The predicted octanol–water partition coefficient (Wildman–Crippen LogP) is 1.72. The number of nitrogens with zero attached hydrogens (tertiary/aromatic N) is 2. The Balaban J connectivity index is 1.66. The highest BCUT2D eigenvalue weighted by molar-refractivity contribution is 5.84. The van der Waals surface area contributed by atoms with E-state index in [1.54, 1.807) is 7.11 Å². The van der Waals surface area contributed by atoms with E-state index >= 15 is 0 Å². The molecule has 0 bridgehead atoms. The van der Waals surface area contributed by atoms with Gasteiger partial charge in [-0.25, -0.2) is 4.98 Å². The van der Waals surface area contributed by atoms with Crippen LogP contribution in [0.5, 0.6) is 11.5 Å². The Bertz CT molecular complexity index is 769. The lowest BCUT2D eigenvalue weighted by atomic mass is 10.1. The molecular formula is C18H21N3O3. The van der Waals surface area contributed by atoms with Crippen LogP contribution in [-0.4, -0.2) is 47.6 Å². The van der Waals surface area contributed by atoms with Crippen LogP contribution in [0.4, 0.5) is 0 Å². The van der Waals surface area contributed by atoms with Gasteiger partial charge < -0.3 is 24.5 Å². The number of methoxy groups -OCH3 is 1.